The van der Waals surface area contributed by atoms with Gasteiger partial charge in [-0.1, -0.05) is 0 Å². The number of nitrogens with zero attached hydrogens (tertiary/aromatic N) is 2. The van der Waals surface area contributed by atoms with Crippen LogP contribution in [0.25, 0.3) is 10.2 Å². The molecule has 0 unspecified atom stereocenters. The molecule has 1 aromatic carbocycles. The number of esters is 1. The SMILES string of the molecule is CCOC(=O)c1sc2ncn(CC(=O)Nc3ccc(S(=O)(=O)C(F)F)cc3)c(=O)c2c1C. The van der Waals surface area contributed by atoms with Gasteiger partial charge in [0.2, 0.25) is 15.7 Å². The minimum Gasteiger partial charge on any atom is -0.462 e. The number of fused-ring (bicyclic) bond motifs is 1. The third-order valence-electron chi connectivity index (χ3n) is 4.39. The van der Waals surface area contributed by atoms with Gasteiger partial charge in [0.25, 0.3) is 5.56 Å². The summed E-state index contributed by atoms with van der Waals surface area (Å²) in [6.45, 7) is 3.02. The fourth-order valence-electron chi connectivity index (χ4n) is 2.85. The second-order valence-corrected chi connectivity index (χ2v) is 9.43. The molecule has 3 rings (SSSR count). The lowest BCUT2D eigenvalue weighted by Gasteiger charge is -2.08. The smallest absolute Gasteiger partial charge is 0.348 e. The number of ether oxygens (including phenoxy) is 1. The van der Waals surface area contributed by atoms with Crippen LogP contribution >= 0.6 is 11.3 Å². The second kappa shape index (κ2) is 9.12. The number of carbonyl (C=O) groups is 2. The Bertz CT molecular complexity index is 1350. The first kappa shape index (κ1) is 23.5. The summed E-state index contributed by atoms with van der Waals surface area (Å²) in [7, 11) is -4.74. The molecule has 0 radical (unpaired) electrons. The van der Waals surface area contributed by atoms with Crippen molar-refractivity contribution in [1.82, 2.24) is 9.55 Å². The number of halogens is 2. The number of hydrogen-bond acceptors (Lipinski definition) is 8. The molecule has 0 spiro atoms. The van der Waals surface area contributed by atoms with Crippen LogP contribution in [-0.4, -0.2) is 42.2 Å². The van der Waals surface area contributed by atoms with Crippen LogP contribution in [0.5, 0.6) is 0 Å². The number of carbonyl (C=O) groups excluding carboxylic acids is 2. The lowest BCUT2D eigenvalue weighted by molar-refractivity contribution is -0.116. The van der Waals surface area contributed by atoms with Crippen LogP contribution in [-0.2, 0) is 25.9 Å². The van der Waals surface area contributed by atoms with E-state index in [4.69, 9.17) is 4.74 Å². The highest BCUT2D eigenvalue weighted by Gasteiger charge is 2.26. The molecule has 9 nitrogen and oxygen atoms in total. The molecule has 13 heteroatoms. The van der Waals surface area contributed by atoms with Crippen molar-refractivity contribution in [2.75, 3.05) is 11.9 Å². The standard InChI is InChI=1S/C19H17F2N3O6S2/c1-3-30-18(27)15-10(2)14-16(31-15)22-9-24(17(14)26)8-13(25)23-11-4-6-12(7-5-11)32(28,29)19(20)21/h4-7,9,19H,3,8H2,1-2H3,(H,23,25). The Balaban J connectivity index is 1.80. The van der Waals surface area contributed by atoms with Gasteiger partial charge in [0.05, 0.1) is 23.2 Å². The predicted octanol–water partition coefficient (Wildman–Crippen LogP) is 2.58. The summed E-state index contributed by atoms with van der Waals surface area (Å²) in [6.07, 6.45) is 1.17. The second-order valence-electron chi connectivity index (χ2n) is 6.51. The van der Waals surface area contributed by atoms with Gasteiger partial charge in [-0.3, -0.25) is 14.2 Å². The molecule has 32 heavy (non-hydrogen) atoms. The van der Waals surface area contributed by atoms with E-state index in [9.17, 15) is 31.6 Å². The van der Waals surface area contributed by atoms with Gasteiger partial charge in [-0.2, -0.15) is 8.78 Å². The molecule has 0 fully saturated rings. The fourth-order valence-corrected chi connectivity index (χ4v) is 4.60. The number of thiophene rings is 1. The van der Waals surface area contributed by atoms with Crippen molar-refractivity contribution in [2.24, 2.45) is 0 Å². The molecular formula is C19H17F2N3O6S2. The largest absolute Gasteiger partial charge is 0.462 e. The van der Waals surface area contributed by atoms with Crippen molar-refractivity contribution >= 4 is 49.0 Å². The van der Waals surface area contributed by atoms with E-state index in [0.717, 1.165) is 40.2 Å². The number of anilines is 1. The predicted molar refractivity (Wildman–Crippen MR) is 113 cm³/mol. The van der Waals surface area contributed by atoms with Crippen LogP contribution < -0.4 is 10.9 Å². The van der Waals surface area contributed by atoms with Gasteiger partial charge in [-0.05, 0) is 43.7 Å². The van der Waals surface area contributed by atoms with Crippen LogP contribution in [0.2, 0.25) is 0 Å². The van der Waals surface area contributed by atoms with Crippen molar-refractivity contribution in [1.29, 1.82) is 0 Å². The summed E-state index contributed by atoms with van der Waals surface area (Å²) in [4.78, 5) is 41.3. The maximum Gasteiger partial charge on any atom is 0.348 e. The number of hydrogen-bond donors (Lipinski definition) is 1. The van der Waals surface area contributed by atoms with Crippen LogP contribution in [0.15, 0.2) is 40.3 Å². The Labute approximate surface area is 184 Å². The molecule has 0 atom stereocenters. The lowest BCUT2D eigenvalue weighted by atomic mass is 10.2. The zero-order valence-electron chi connectivity index (χ0n) is 16.8. The van der Waals surface area contributed by atoms with Crippen molar-refractivity contribution in [3.63, 3.8) is 0 Å². The Morgan fingerprint density at radius 2 is 1.91 bits per heavy atom. The first-order chi connectivity index (χ1) is 15.1. The average molecular weight is 485 g/mol. The van der Waals surface area contributed by atoms with E-state index < -0.39 is 44.5 Å². The maximum absolute atomic E-state index is 12.8. The molecule has 0 bridgehead atoms. The third-order valence-corrected chi connectivity index (χ3v) is 6.97. The first-order valence-electron chi connectivity index (χ1n) is 9.13. The van der Waals surface area contributed by atoms with Crippen LogP contribution in [0.4, 0.5) is 14.5 Å². The zero-order valence-corrected chi connectivity index (χ0v) is 18.4. The van der Waals surface area contributed by atoms with Gasteiger partial charge in [-0.15, -0.1) is 11.3 Å². The van der Waals surface area contributed by atoms with Crippen molar-refractivity contribution in [2.45, 2.75) is 31.0 Å². The molecule has 1 amide bonds. The van der Waals surface area contributed by atoms with Gasteiger partial charge in [0, 0.05) is 5.69 Å². The molecule has 1 N–H and O–H groups in total. The molecule has 3 aromatic rings. The summed E-state index contributed by atoms with van der Waals surface area (Å²) in [6, 6.07) is 4.21. The van der Waals surface area contributed by atoms with Crippen molar-refractivity contribution in [3.05, 3.63) is 51.4 Å². The van der Waals surface area contributed by atoms with Crippen LogP contribution in [0, 0.1) is 6.92 Å². The number of aryl methyl sites for hydroxylation is 1. The van der Waals surface area contributed by atoms with E-state index in [0.29, 0.717) is 10.4 Å². The van der Waals surface area contributed by atoms with Crippen molar-refractivity contribution < 1.29 is 31.5 Å². The van der Waals surface area contributed by atoms with E-state index in [1.165, 1.54) is 6.33 Å². The van der Waals surface area contributed by atoms with E-state index in [1.54, 1.807) is 13.8 Å². The van der Waals surface area contributed by atoms with E-state index in [2.05, 4.69) is 10.3 Å². The van der Waals surface area contributed by atoms with Crippen molar-refractivity contribution in [3.8, 4) is 0 Å². The fraction of sp³-hybridized carbons (Fsp3) is 0.263. The molecule has 170 valence electrons. The van der Waals surface area contributed by atoms with Gasteiger partial charge < -0.3 is 10.1 Å². The minimum atomic E-state index is -4.74. The average Bonchev–Trinajstić information content (AvgIpc) is 3.08. The molecular weight excluding hydrogens is 468 g/mol. The van der Waals surface area contributed by atoms with Gasteiger partial charge in [0.1, 0.15) is 16.3 Å². The highest BCUT2D eigenvalue weighted by atomic mass is 32.2. The van der Waals surface area contributed by atoms with Crippen LogP contribution in [0.3, 0.4) is 0 Å². The number of benzene rings is 1. The number of aromatic nitrogens is 2. The highest BCUT2D eigenvalue weighted by molar-refractivity contribution is 7.91. The van der Waals surface area contributed by atoms with Gasteiger partial charge in [0.15, 0.2) is 0 Å². The number of nitrogens with one attached hydrogen (secondary N) is 1. The lowest BCUT2D eigenvalue weighted by Crippen LogP contribution is -2.28. The van der Waals surface area contributed by atoms with E-state index >= 15 is 0 Å². The third kappa shape index (κ3) is 4.53. The number of amides is 1. The van der Waals surface area contributed by atoms with Gasteiger partial charge in [-0.25, -0.2) is 18.2 Å². The Morgan fingerprint density at radius 3 is 2.50 bits per heavy atom. The summed E-state index contributed by atoms with van der Waals surface area (Å²) in [5.41, 5.74) is 0.0426. The molecule has 0 aliphatic carbocycles. The minimum absolute atomic E-state index is 0.154. The maximum atomic E-state index is 12.8. The zero-order chi connectivity index (χ0) is 23.6. The summed E-state index contributed by atoms with van der Waals surface area (Å²) >= 11 is 1.02. The molecule has 0 saturated carbocycles. The Morgan fingerprint density at radius 1 is 1.25 bits per heavy atom. The van der Waals surface area contributed by atoms with E-state index in [1.807, 2.05) is 0 Å². The number of alkyl halides is 2. The molecule has 0 saturated heterocycles. The van der Waals surface area contributed by atoms with Crippen LogP contribution in [0.1, 0.15) is 22.2 Å². The topological polar surface area (TPSA) is 124 Å². The molecule has 0 aliphatic rings. The molecule has 2 heterocycles. The number of rotatable bonds is 7. The Kier molecular flexibility index (Phi) is 6.69. The normalized spacial score (nSPS) is 11.7. The van der Waals surface area contributed by atoms with Gasteiger partial charge >= 0.3 is 11.7 Å². The summed E-state index contributed by atoms with van der Waals surface area (Å²) < 4.78 is 54.1. The highest BCUT2D eigenvalue weighted by Crippen LogP contribution is 2.27. The molecule has 0 aliphatic heterocycles. The summed E-state index contributed by atoms with van der Waals surface area (Å²) in [5.74, 6) is -4.74. The Hall–Kier alpha value is -3.19. The first-order valence-corrected chi connectivity index (χ1v) is 11.5. The summed E-state index contributed by atoms with van der Waals surface area (Å²) in [5, 5.41) is 2.65. The quantitative estimate of drug-likeness (QED) is 0.510. The monoisotopic (exact) mass is 485 g/mol. The molecule has 2 aromatic heterocycles. The number of sulfone groups is 1. The van der Waals surface area contributed by atoms with E-state index in [-0.39, 0.29) is 22.6 Å².